The Labute approximate surface area is 106 Å². The minimum absolute atomic E-state index is 0.00819. The molecule has 0 spiro atoms. The Morgan fingerprint density at radius 2 is 2.29 bits per heavy atom. The van der Waals surface area contributed by atoms with Gasteiger partial charge in [-0.25, -0.2) is 5.43 Å². The number of thiophene rings is 1. The Morgan fingerprint density at radius 3 is 2.88 bits per heavy atom. The number of hydrazine groups is 1. The van der Waals surface area contributed by atoms with Gasteiger partial charge in [0.05, 0.1) is 11.7 Å². The zero-order chi connectivity index (χ0) is 12.3. The summed E-state index contributed by atoms with van der Waals surface area (Å²) < 4.78 is 0. The number of hydrogen-bond donors (Lipinski definition) is 2. The third-order valence-corrected chi connectivity index (χ3v) is 3.99. The molecular weight excluding hydrogens is 230 g/mol. The molecule has 0 saturated heterocycles. The Balaban J connectivity index is 2.46. The first-order valence-electron chi connectivity index (χ1n) is 5.71. The molecule has 0 fully saturated rings. The summed E-state index contributed by atoms with van der Waals surface area (Å²) >= 11 is 1.71. The molecule has 4 heteroatoms. The van der Waals surface area contributed by atoms with Crippen LogP contribution in [-0.2, 0) is 6.42 Å². The molecule has 0 bridgehead atoms. The molecule has 0 radical (unpaired) electrons. The van der Waals surface area contributed by atoms with Crippen LogP contribution in [0, 0.1) is 6.92 Å². The summed E-state index contributed by atoms with van der Waals surface area (Å²) in [4.78, 5) is 5.72. The maximum absolute atomic E-state index is 5.71. The molecule has 3 nitrogen and oxygen atoms in total. The predicted octanol–water partition coefficient (Wildman–Crippen LogP) is 2.57. The second-order valence-electron chi connectivity index (χ2n) is 3.97. The smallest absolute Gasteiger partial charge is 0.0978 e. The van der Waals surface area contributed by atoms with Crippen LogP contribution in [0.5, 0.6) is 0 Å². The van der Waals surface area contributed by atoms with E-state index in [-0.39, 0.29) is 6.04 Å². The zero-order valence-corrected chi connectivity index (χ0v) is 10.9. The van der Waals surface area contributed by atoms with Gasteiger partial charge < -0.3 is 0 Å². The highest BCUT2D eigenvalue weighted by atomic mass is 32.1. The van der Waals surface area contributed by atoms with Crippen LogP contribution in [-0.4, -0.2) is 4.98 Å². The molecule has 1 atom stereocenters. The highest BCUT2D eigenvalue weighted by Crippen LogP contribution is 2.29. The average Bonchev–Trinajstić information content (AvgIpc) is 2.78. The van der Waals surface area contributed by atoms with E-state index in [1.54, 1.807) is 11.3 Å². The van der Waals surface area contributed by atoms with Crippen molar-refractivity contribution in [1.82, 2.24) is 10.4 Å². The van der Waals surface area contributed by atoms with Crippen molar-refractivity contribution in [3.8, 4) is 0 Å². The van der Waals surface area contributed by atoms with Crippen LogP contribution in [0.1, 0.15) is 34.7 Å². The van der Waals surface area contributed by atoms with Crippen LogP contribution in [0.2, 0.25) is 0 Å². The minimum atomic E-state index is -0.00819. The zero-order valence-electron chi connectivity index (χ0n) is 10.1. The average molecular weight is 247 g/mol. The monoisotopic (exact) mass is 247 g/mol. The molecule has 17 heavy (non-hydrogen) atoms. The maximum atomic E-state index is 5.71. The van der Waals surface area contributed by atoms with E-state index in [1.165, 1.54) is 16.0 Å². The molecule has 90 valence electrons. The van der Waals surface area contributed by atoms with Crippen molar-refractivity contribution in [3.05, 3.63) is 51.5 Å². The van der Waals surface area contributed by atoms with Gasteiger partial charge in [0.15, 0.2) is 0 Å². The molecule has 0 saturated carbocycles. The third kappa shape index (κ3) is 2.39. The van der Waals surface area contributed by atoms with Gasteiger partial charge in [0.2, 0.25) is 0 Å². The number of aryl methyl sites for hydroxylation is 2. The maximum Gasteiger partial charge on any atom is 0.0978 e. The fourth-order valence-electron chi connectivity index (χ4n) is 1.97. The fourth-order valence-corrected chi connectivity index (χ4v) is 2.96. The van der Waals surface area contributed by atoms with E-state index in [4.69, 9.17) is 5.84 Å². The van der Waals surface area contributed by atoms with Crippen LogP contribution in [0.25, 0.3) is 0 Å². The lowest BCUT2D eigenvalue weighted by atomic mass is 10.0. The van der Waals surface area contributed by atoms with Crippen molar-refractivity contribution in [3.63, 3.8) is 0 Å². The molecule has 2 heterocycles. The molecule has 3 N–H and O–H groups in total. The van der Waals surface area contributed by atoms with Crippen molar-refractivity contribution < 1.29 is 0 Å². The number of rotatable bonds is 4. The highest BCUT2D eigenvalue weighted by Gasteiger charge is 2.19. The largest absolute Gasteiger partial charge is 0.270 e. The van der Waals surface area contributed by atoms with Crippen LogP contribution in [0.15, 0.2) is 29.8 Å². The van der Waals surface area contributed by atoms with Crippen molar-refractivity contribution in [1.29, 1.82) is 0 Å². The predicted molar refractivity (Wildman–Crippen MR) is 71.8 cm³/mol. The number of pyridine rings is 1. The highest BCUT2D eigenvalue weighted by molar-refractivity contribution is 7.10. The van der Waals surface area contributed by atoms with Crippen molar-refractivity contribution >= 4 is 11.3 Å². The third-order valence-electron chi connectivity index (χ3n) is 2.91. The van der Waals surface area contributed by atoms with E-state index in [2.05, 4.69) is 41.8 Å². The number of hydrogen-bond acceptors (Lipinski definition) is 4. The summed E-state index contributed by atoms with van der Waals surface area (Å²) in [5.74, 6) is 5.71. The van der Waals surface area contributed by atoms with E-state index in [9.17, 15) is 0 Å². The first-order valence-corrected chi connectivity index (χ1v) is 6.59. The van der Waals surface area contributed by atoms with Gasteiger partial charge >= 0.3 is 0 Å². The standard InChI is InChI=1S/C13H17N3S/c1-3-10-5-4-7-15-11(10)12(16-14)13-9(2)6-8-17-13/h4-8,12,16H,3,14H2,1-2H3. The molecular formula is C13H17N3S. The summed E-state index contributed by atoms with van der Waals surface area (Å²) in [7, 11) is 0. The van der Waals surface area contributed by atoms with Crippen molar-refractivity contribution in [2.75, 3.05) is 0 Å². The van der Waals surface area contributed by atoms with E-state index in [1.807, 2.05) is 12.3 Å². The van der Waals surface area contributed by atoms with Gasteiger partial charge in [-0.15, -0.1) is 11.3 Å². The number of aromatic nitrogens is 1. The van der Waals surface area contributed by atoms with Crippen LogP contribution < -0.4 is 11.3 Å². The van der Waals surface area contributed by atoms with Crippen LogP contribution >= 0.6 is 11.3 Å². The SMILES string of the molecule is CCc1cccnc1C(NN)c1sccc1C. The number of nitrogens with one attached hydrogen (secondary N) is 1. The first kappa shape index (κ1) is 12.2. The topological polar surface area (TPSA) is 50.9 Å². The van der Waals surface area contributed by atoms with Crippen molar-refractivity contribution in [2.45, 2.75) is 26.3 Å². The number of nitrogens with two attached hydrogens (primary N) is 1. The lowest BCUT2D eigenvalue weighted by molar-refractivity contribution is 0.621. The Hall–Kier alpha value is -1.23. The second kappa shape index (κ2) is 5.40. The summed E-state index contributed by atoms with van der Waals surface area (Å²) in [6.45, 7) is 4.24. The summed E-state index contributed by atoms with van der Waals surface area (Å²) in [5, 5.41) is 2.09. The molecule has 1 unspecified atom stereocenters. The molecule has 2 aromatic heterocycles. The molecule has 0 aliphatic rings. The quantitative estimate of drug-likeness (QED) is 0.645. The van der Waals surface area contributed by atoms with Gasteiger partial charge in [-0.2, -0.15) is 0 Å². The van der Waals surface area contributed by atoms with Gasteiger partial charge in [-0.3, -0.25) is 10.8 Å². The normalized spacial score (nSPS) is 12.6. The summed E-state index contributed by atoms with van der Waals surface area (Å²) in [5.41, 5.74) is 6.41. The second-order valence-corrected chi connectivity index (χ2v) is 4.92. The molecule has 0 amide bonds. The van der Waals surface area contributed by atoms with Gasteiger partial charge in [-0.1, -0.05) is 13.0 Å². The first-order chi connectivity index (χ1) is 8.27. The fraction of sp³-hybridized carbons (Fsp3) is 0.308. The van der Waals surface area contributed by atoms with Gasteiger partial charge in [0.25, 0.3) is 0 Å². The van der Waals surface area contributed by atoms with E-state index >= 15 is 0 Å². The molecule has 0 aliphatic heterocycles. The lowest BCUT2D eigenvalue weighted by Gasteiger charge is -2.17. The number of nitrogens with zero attached hydrogens (tertiary/aromatic N) is 1. The van der Waals surface area contributed by atoms with Crippen molar-refractivity contribution in [2.24, 2.45) is 5.84 Å². The Kier molecular flexibility index (Phi) is 3.89. The summed E-state index contributed by atoms with van der Waals surface area (Å²) in [6, 6.07) is 6.18. The van der Waals surface area contributed by atoms with Crippen LogP contribution in [0.4, 0.5) is 0 Å². The molecule has 2 rings (SSSR count). The van der Waals surface area contributed by atoms with Gasteiger partial charge in [0, 0.05) is 11.1 Å². The minimum Gasteiger partial charge on any atom is -0.270 e. The van der Waals surface area contributed by atoms with Gasteiger partial charge in [-0.05, 0) is 42.0 Å². The lowest BCUT2D eigenvalue weighted by Crippen LogP contribution is -2.30. The molecule has 0 aromatic carbocycles. The van der Waals surface area contributed by atoms with Crippen LogP contribution in [0.3, 0.4) is 0 Å². The van der Waals surface area contributed by atoms with E-state index < -0.39 is 0 Å². The molecule has 2 aromatic rings. The Bertz CT molecular complexity index is 493. The summed E-state index contributed by atoms with van der Waals surface area (Å²) in [6.07, 6.45) is 2.79. The van der Waals surface area contributed by atoms with E-state index in [0.717, 1.165) is 12.1 Å². The van der Waals surface area contributed by atoms with Gasteiger partial charge in [0.1, 0.15) is 0 Å². The van der Waals surface area contributed by atoms with E-state index in [0.29, 0.717) is 0 Å². The Morgan fingerprint density at radius 1 is 1.47 bits per heavy atom. The molecule has 0 aliphatic carbocycles.